The normalized spacial score (nSPS) is 15.2. The molecule has 0 amide bonds. The van der Waals surface area contributed by atoms with Crippen molar-refractivity contribution in [1.29, 1.82) is 0 Å². The second-order valence-electron chi connectivity index (χ2n) is 7.48. The Morgan fingerprint density at radius 1 is 1.21 bits per heavy atom. The first-order valence-electron chi connectivity index (χ1n) is 9.75. The number of benzene rings is 2. The lowest BCUT2D eigenvalue weighted by atomic mass is 9.99. The fourth-order valence-corrected chi connectivity index (χ4v) is 4.24. The lowest BCUT2D eigenvalue weighted by molar-refractivity contribution is 0.0910. The summed E-state index contributed by atoms with van der Waals surface area (Å²) in [6.45, 7) is 6.25. The largest absolute Gasteiger partial charge is 0.476 e. The zero-order valence-electron chi connectivity index (χ0n) is 16.2. The van der Waals surface area contributed by atoms with Crippen LogP contribution in [-0.4, -0.2) is 18.2 Å². The molecule has 1 aliphatic rings. The van der Waals surface area contributed by atoms with Crippen molar-refractivity contribution >= 4 is 22.6 Å². The molecule has 28 heavy (non-hydrogen) atoms. The third-order valence-corrected chi connectivity index (χ3v) is 5.60. The highest BCUT2D eigenvalue weighted by Crippen LogP contribution is 2.39. The van der Waals surface area contributed by atoms with Crippen molar-refractivity contribution in [3.05, 3.63) is 74.6 Å². The van der Waals surface area contributed by atoms with E-state index < -0.39 is 0 Å². The van der Waals surface area contributed by atoms with Gasteiger partial charge in [0.05, 0.1) is 10.6 Å². The quantitative estimate of drug-likeness (QED) is 0.544. The van der Waals surface area contributed by atoms with Gasteiger partial charge in [-0.15, -0.1) is 0 Å². The van der Waals surface area contributed by atoms with Crippen molar-refractivity contribution in [2.45, 2.75) is 39.2 Å². The van der Waals surface area contributed by atoms with E-state index in [0.717, 1.165) is 35.9 Å². The maximum atomic E-state index is 12.1. The van der Waals surface area contributed by atoms with Gasteiger partial charge in [0.15, 0.2) is 0 Å². The molecule has 3 aromatic rings. The van der Waals surface area contributed by atoms with E-state index in [1.807, 2.05) is 12.1 Å². The first kappa shape index (κ1) is 19.0. The highest BCUT2D eigenvalue weighted by Gasteiger charge is 2.26. The molecular weight excluding hydrogens is 374 g/mol. The molecule has 1 aromatic heterocycles. The lowest BCUT2D eigenvalue weighted by Gasteiger charge is -2.31. The molecule has 1 unspecified atom stereocenters. The smallest absolute Gasteiger partial charge is 0.336 e. The fourth-order valence-electron chi connectivity index (χ4n) is 3.97. The molecule has 0 spiro atoms. The minimum Gasteiger partial charge on any atom is -0.476 e. The van der Waals surface area contributed by atoms with Gasteiger partial charge in [-0.1, -0.05) is 62.2 Å². The van der Waals surface area contributed by atoms with E-state index in [-0.39, 0.29) is 5.63 Å². The Kier molecular flexibility index (Phi) is 5.42. The molecule has 0 radical (unpaired) electrons. The Morgan fingerprint density at radius 2 is 2.00 bits per heavy atom. The van der Waals surface area contributed by atoms with E-state index in [9.17, 15) is 4.79 Å². The average molecular weight is 398 g/mol. The molecule has 0 N–H and O–H groups in total. The Morgan fingerprint density at radius 3 is 2.75 bits per heavy atom. The number of aryl methyl sites for hydroxylation is 1. The van der Waals surface area contributed by atoms with Gasteiger partial charge < -0.3 is 9.15 Å². The van der Waals surface area contributed by atoms with Crippen LogP contribution in [0.25, 0.3) is 11.0 Å². The maximum Gasteiger partial charge on any atom is 0.336 e. The van der Waals surface area contributed by atoms with Crippen LogP contribution < -0.4 is 10.4 Å². The van der Waals surface area contributed by atoms with Crippen LogP contribution in [0.5, 0.6) is 5.75 Å². The van der Waals surface area contributed by atoms with Gasteiger partial charge in [-0.05, 0) is 29.5 Å². The molecule has 2 heterocycles. The van der Waals surface area contributed by atoms with Gasteiger partial charge in [0.2, 0.25) is 0 Å². The van der Waals surface area contributed by atoms with Gasteiger partial charge in [0.25, 0.3) is 0 Å². The average Bonchev–Trinajstić information content (AvgIpc) is 2.70. The van der Waals surface area contributed by atoms with E-state index in [2.05, 4.69) is 43.0 Å². The van der Waals surface area contributed by atoms with E-state index in [1.54, 1.807) is 6.07 Å². The summed E-state index contributed by atoms with van der Waals surface area (Å²) in [5, 5.41) is 1.48. The van der Waals surface area contributed by atoms with Crippen LogP contribution >= 0.6 is 11.6 Å². The summed E-state index contributed by atoms with van der Waals surface area (Å²) in [5.41, 5.74) is 3.42. The summed E-state index contributed by atoms with van der Waals surface area (Å²) in [5.74, 6) is 0.994. The monoisotopic (exact) mass is 397 g/mol. The Labute approximate surface area is 169 Å². The van der Waals surface area contributed by atoms with Crippen molar-refractivity contribution < 1.29 is 9.15 Å². The van der Waals surface area contributed by atoms with Gasteiger partial charge in [0, 0.05) is 24.5 Å². The van der Waals surface area contributed by atoms with Crippen LogP contribution in [-0.2, 0) is 13.0 Å². The zero-order valence-corrected chi connectivity index (χ0v) is 17.0. The first-order chi connectivity index (χ1) is 13.6. The van der Waals surface area contributed by atoms with Gasteiger partial charge in [-0.2, -0.15) is 0 Å². The summed E-state index contributed by atoms with van der Waals surface area (Å²) in [4.78, 5) is 14.4. The van der Waals surface area contributed by atoms with Gasteiger partial charge in [0.1, 0.15) is 18.1 Å². The predicted octanol–water partition coefficient (Wildman–Crippen LogP) is 5.35. The van der Waals surface area contributed by atoms with Crippen LogP contribution in [0, 0.1) is 0 Å². The first-order valence-corrected chi connectivity index (χ1v) is 10.1. The molecule has 146 valence electrons. The number of ether oxygens (including phenoxy) is 1. The molecule has 4 rings (SSSR count). The highest BCUT2D eigenvalue weighted by atomic mass is 35.5. The summed E-state index contributed by atoms with van der Waals surface area (Å²) in [6.07, 6.45) is 1.76. The number of nitrogens with zero attached hydrogens (tertiary/aromatic N) is 1. The van der Waals surface area contributed by atoms with Crippen molar-refractivity contribution in [1.82, 2.24) is 4.90 Å². The SMILES string of the molecule is CCCc1cc(=O)oc2c3c(c(Cl)cc12)OCN(CC(C)c1ccccc1)C3. The third-order valence-electron chi connectivity index (χ3n) is 5.31. The summed E-state index contributed by atoms with van der Waals surface area (Å²) >= 11 is 6.52. The predicted molar refractivity (Wildman–Crippen MR) is 112 cm³/mol. The van der Waals surface area contributed by atoms with E-state index >= 15 is 0 Å². The van der Waals surface area contributed by atoms with E-state index in [1.165, 1.54) is 5.56 Å². The summed E-state index contributed by atoms with van der Waals surface area (Å²) in [6, 6.07) is 13.9. The molecule has 1 atom stereocenters. The molecule has 1 aliphatic heterocycles. The molecule has 5 heteroatoms. The highest BCUT2D eigenvalue weighted by molar-refractivity contribution is 6.33. The number of halogens is 1. The van der Waals surface area contributed by atoms with Gasteiger partial charge in [-0.25, -0.2) is 4.79 Å². The minimum absolute atomic E-state index is 0.324. The topological polar surface area (TPSA) is 42.7 Å². The molecule has 0 saturated carbocycles. The maximum absolute atomic E-state index is 12.1. The van der Waals surface area contributed by atoms with Crippen molar-refractivity contribution in [3.8, 4) is 5.75 Å². The molecule has 2 aromatic carbocycles. The number of hydrogen-bond donors (Lipinski definition) is 0. The molecule has 0 bridgehead atoms. The van der Waals surface area contributed by atoms with E-state index in [4.69, 9.17) is 20.8 Å². The van der Waals surface area contributed by atoms with Crippen LogP contribution in [0.1, 0.15) is 42.9 Å². The number of hydrogen-bond acceptors (Lipinski definition) is 4. The molecule has 0 fully saturated rings. The lowest BCUT2D eigenvalue weighted by Crippen LogP contribution is -2.35. The van der Waals surface area contributed by atoms with Gasteiger partial charge >= 0.3 is 5.63 Å². The molecule has 0 aliphatic carbocycles. The molecule has 4 nitrogen and oxygen atoms in total. The summed E-state index contributed by atoms with van der Waals surface area (Å²) < 4.78 is 11.6. The van der Waals surface area contributed by atoms with Crippen molar-refractivity contribution in [3.63, 3.8) is 0 Å². The summed E-state index contributed by atoms with van der Waals surface area (Å²) in [7, 11) is 0. The Bertz CT molecular complexity index is 1050. The Balaban J connectivity index is 1.69. The van der Waals surface area contributed by atoms with Crippen LogP contribution in [0.4, 0.5) is 0 Å². The van der Waals surface area contributed by atoms with Crippen molar-refractivity contribution in [2.75, 3.05) is 13.3 Å². The van der Waals surface area contributed by atoms with E-state index in [0.29, 0.717) is 35.5 Å². The third kappa shape index (κ3) is 3.67. The second-order valence-corrected chi connectivity index (χ2v) is 7.89. The number of rotatable bonds is 5. The zero-order chi connectivity index (χ0) is 19.7. The van der Waals surface area contributed by atoms with Crippen LogP contribution in [0.2, 0.25) is 5.02 Å². The molecular formula is C23H24ClNO3. The standard InChI is InChI=1S/C23H24ClNO3/c1-3-7-17-10-21(26)28-22-18(17)11-20(24)23-19(22)13-25(14-27-23)12-15(2)16-8-5-4-6-9-16/h4-6,8-11,15H,3,7,12-14H2,1-2H3. The van der Waals surface area contributed by atoms with Crippen LogP contribution in [0.15, 0.2) is 51.7 Å². The van der Waals surface area contributed by atoms with Crippen molar-refractivity contribution in [2.24, 2.45) is 0 Å². The number of fused-ring (bicyclic) bond motifs is 3. The second kappa shape index (κ2) is 7.98. The van der Waals surface area contributed by atoms with Gasteiger partial charge in [-0.3, -0.25) is 4.90 Å². The Hall–Kier alpha value is -2.30. The minimum atomic E-state index is -0.324. The van der Waals surface area contributed by atoms with Crippen LogP contribution in [0.3, 0.4) is 0 Å². The fraction of sp³-hybridized carbons (Fsp3) is 0.348. The molecule has 0 saturated heterocycles.